The van der Waals surface area contributed by atoms with Crippen molar-refractivity contribution in [1.29, 1.82) is 0 Å². The van der Waals surface area contributed by atoms with E-state index < -0.39 is 11.6 Å². The highest BCUT2D eigenvalue weighted by atomic mass is 35.5. The van der Waals surface area contributed by atoms with Crippen LogP contribution in [0.15, 0.2) is 12.1 Å². The van der Waals surface area contributed by atoms with Crippen LogP contribution < -0.4 is 16.6 Å². The van der Waals surface area contributed by atoms with Gasteiger partial charge in [0.25, 0.3) is 0 Å². The van der Waals surface area contributed by atoms with E-state index in [0.717, 1.165) is 6.07 Å². The van der Waals surface area contributed by atoms with Crippen LogP contribution in [-0.4, -0.2) is 12.0 Å². The topological polar surface area (TPSA) is 68.2 Å². The summed E-state index contributed by atoms with van der Waals surface area (Å²) in [5, 5.41) is 1.16. The predicted molar refractivity (Wildman–Crippen MR) is 63.7 cm³/mol. The van der Waals surface area contributed by atoms with Crippen LogP contribution in [0.25, 0.3) is 10.8 Å². The fourth-order valence-corrected chi connectivity index (χ4v) is 1.95. The number of hydrazine groups is 1. The van der Waals surface area contributed by atoms with Gasteiger partial charge in [0.05, 0.1) is 5.39 Å². The van der Waals surface area contributed by atoms with Gasteiger partial charge in [-0.3, -0.25) is 0 Å². The van der Waals surface area contributed by atoms with E-state index in [2.05, 4.69) is 4.98 Å². The first-order valence-corrected chi connectivity index (χ1v) is 5.02. The Hall–Kier alpha value is -1.66. The van der Waals surface area contributed by atoms with Gasteiger partial charge in [0.15, 0.2) is 17.5 Å². The number of nitrogens with two attached hydrogens (primary N) is 2. The zero-order valence-electron chi connectivity index (χ0n) is 8.84. The standard InChI is InChI=1S/C10H9ClF2N4/c1-17(15)8-4-2-3-5(12)7(13)6(4)9(11)16-10(8)14/h2-3H,15H2,1H3,(H2,14,16). The lowest BCUT2D eigenvalue weighted by Gasteiger charge is -2.17. The lowest BCUT2D eigenvalue weighted by molar-refractivity contribution is 0.517. The number of fused-ring (bicyclic) bond motifs is 1. The Kier molecular flexibility index (Phi) is 2.76. The van der Waals surface area contributed by atoms with Gasteiger partial charge < -0.3 is 10.7 Å². The Morgan fingerprint density at radius 3 is 2.59 bits per heavy atom. The van der Waals surface area contributed by atoms with Gasteiger partial charge in [-0.05, 0) is 12.1 Å². The second-order valence-corrected chi connectivity index (χ2v) is 3.89. The molecular weight excluding hydrogens is 250 g/mol. The number of nitrogen functional groups attached to an aromatic ring is 1. The van der Waals surface area contributed by atoms with Crippen molar-refractivity contribution in [3.05, 3.63) is 28.9 Å². The van der Waals surface area contributed by atoms with Crippen molar-refractivity contribution >= 4 is 33.9 Å². The Morgan fingerprint density at radius 2 is 2.00 bits per heavy atom. The highest BCUT2D eigenvalue weighted by Gasteiger charge is 2.18. The molecule has 1 aromatic heterocycles. The van der Waals surface area contributed by atoms with Gasteiger partial charge >= 0.3 is 0 Å². The smallest absolute Gasteiger partial charge is 0.169 e. The van der Waals surface area contributed by atoms with E-state index in [9.17, 15) is 8.78 Å². The number of hydrogen-bond acceptors (Lipinski definition) is 4. The Labute approximate surface area is 101 Å². The van der Waals surface area contributed by atoms with Gasteiger partial charge in [-0.1, -0.05) is 11.6 Å². The summed E-state index contributed by atoms with van der Waals surface area (Å²) in [6.45, 7) is 0. The third-order valence-corrected chi connectivity index (χ3v) is 2.64. The summed E-state index contributed by atoms with van der Waals surface area (Å²) in [6, 6.07) is 2.34. The highest BCUT2D eigenvalue weighted by molar-refractivity contribution is 6.35. The van der Waals surface area contributed by atoms with Crippen LogP contribution in [-0.2, 0) is 0 Å². The van der Waals surface area contributed by atoms with Crippen molar-refractivity contribution in [1.82, 2.24) is 4.98 Å². The maximum atomic E-state index is 13.6. The zero-order chi connectivity index (χ0) is 12.7. The number of rotatable bonds is 1. The number of benzene rings is 1. The van der Waals surface area contributed by atoms with Gasteiger partial charge in [-0.15, -0.1) is 0 Å². The molecule has 0 unspecified atom stereocenters. The quantitative estimate of drug-likeness (QED) is 0.467. The van der Waals surface area contributed by atoms with Crippen molar-refractivity contribution < 1.29 is 8.78 Å². The minimum absolute atomic E-state index is 0.0542. The van der Waals surface area contributed by atoms with Crippen molar-refractivity contribution in [3.8, 4) is 0 Å². The van der Waals surface area contributed by atoms with Crippen LogP contribution in [0.1, 0.15) is 0 Å². The largest absolute Gasteiger partial charge is 0.382 e. The van der Waals surface area contributed by atoms with Crippen LogP contribution in [0.5, 0.6) is 0 Å². The Morgan fingerprint density at radius 1 is 1.35 bits per heavy atom. The molecule has 4 N–H and O–H groups in total. The number of anilines is 2. The molecule has 0 saturated heterocycles. The lowest BCUT2D eigenvalue weighted by atomic mass is 10.1. The first-order chi connectivity index (χ1) is 7.93. The van der Waals surface area contributed by atoms with Crippen molar-refractivity contribution in [2.45, 2.75) is 0 Å². The molecule has 0 bridgehead atoms. The summed E-state index contributed by atoms with van der Waals surface area (Å²) in [5.41, 5.74) is 5.94. The van der Waals surface area contributed by atoms with E-state index >= 15 is 0 Å². The highest BCUT2D eigenvalue weighted by Crippen LogP contribution is 2.35. The summed E-state index contributed by atoms with van der Waals surface area (Å²) in [6.07, 6.45) is 0. The third-order valence-electron chi connectivity index (χ3n) is 2.37. The van der Waals surface area contributed by atoms with Crippen molar-refractivity contribution in [2.75, 3.05) is 17.8 Å². The van der Waals surface area contributed by atoms with E-state index in [1.807, 2.05) is 0 Å². The number of halogens is 3. The molecule has 0 spiro atoms. The molecular formula is C10H9ClF2N4. The molecule has 0 aliphatic carbocycles. The van der Waals surface area contributed by atoms with Gasteiger partial charge in [0.1, 0.15) is 10.8 Å². The van der Waals surface area contributed by atoms with Crippen molar-refractivity contribution in [2.24, 2.45) is 5.84 Å². The molecule has 7 heteroatoms. The molecule has 0 atom stereocenters. The van der Waals surface area contributed by atoms with E-state index in [1.165, 1.54) is 18.1 Å². The number of pyridine rings is 1. The van der Waals surface area contributed by atoms with Gasteiger partial charge in [0, 0.05) is 12.4 Å². The predicted octanol–water partition coefficient (Wildman–Crippen LogP) is 2.06. The van der Waals surface area contributed by atoms with E-state index in [1.54, 1.807) is 0 Å². The molecule has 0 radical (unpaired) electrons. The minimum atomic E-state index is -1.07. The summed E-state index contributed by atoms with van der Waals surface area (Å²) < 4.78 is 26.8. The fraction of sp³-hybridized carbons (Fsp3) is 0.100. The van der Waals surface area contributed by atoms with E-state index in [-0.39, 0.29) is 16.4 Å². The van der Waals surface area contributed by atoms with Crippen LogP contribution in [0.3, 0.4) is 0 Å². The molecule has 2 aromatic rings. The van der Waals surface area contributed by atoms with Crippen LogP contribution >= 0.6 is 11.6 Å². The molecule has 0 aliphatic rings. The SMILES string of the molecule is CN(N)c1c(N)nc(Cl)c2c(F)c(F)ccc12. The van der Waals surface area contributed by atoms with Gasteiger partial charge in [0.2, 0.25) is 0 Å². The summed E-state index contributed by atoms with van der Waals surface area (Å²) in [7, 11) is 1.52. The average Bonchev–Trinajstić information content (AvgIpc) is 2.22. The molecule has 90 valence electrons. The molecule has 2 rings (SSSR count). The first kappa shape index (κ1) is 11.8. The summed E-state index contributed by atoms with van der Waals surface area (Å²) in [5.74, 6) is 3.56. The molecule has 1 heterocycles. The Balaban J connectivity index is 2.99. The maximum Gasteiger partial charge on any atom is 0.169 e. The second-order valence-electron chi connectivity index (χ2n) is 3.53. The molecule has 17 heavy (non-hydrogen) atoms. The molecule has 0 aliphatic heterocycles. The number of aromatic nitrogens is 1. The van der Waals surface area contributed by atoms with Crippen LogP contribution in [0.2, 0.25) is 5.15 Å². The van der Waals surface area contributed by atoms with Crippen LogP contribution in [0.4, 0.5) is 20.3 Å². The fourth-order valence-electron chi connectivity index (χ4n) is 1.67. The van der Waals surface area contributed by atoms with E-state index in [0.29, 0.717) is 11.1 Å². The minimum Gasteiger partial charge on any atom is -0.382 e. The van der Waals surface area contributed by atoms with Gasteiger partial charge in [-0.2, -0.15) is 0 Å². The molecule has 0 saturated carbocycles. The normalized spacial score (nSPS) is 10.9. The second kappa shape index (κ2) is 3.97. The Bertz CT molecular complexity index is 601. The maximum absolute atomic E-state index is 13.6. The molecule has 0 fully saturated rings. The zero-order valence-corrected chi connectivity index (χ0v) is 9.59. The number of hydrogen-bond donors (Lipinski definition) is 2. The first-order valence-electron chi connectivity index (χ1n) is 4.64. The molecule has 0 amide bonds. The average molecular weight is 259 g/mol. The van der Waals surface area contributed by atoms with Crippen LogP contribution in [0, 0.1) is 11.6 Å². The molecule has 4 nitrogen and oxygen atoms in total. The lowest BCUT2D eigenvalue weighted by Crippen LogP contribution is -2.26. The summed E-state index contributed by atoms with van der Waals surface area (Å²) >= 11 is 5.76. The number of nitrogens with zero attached hydrogens (tertiary/aromatic N) is 2. The summed E-state index contributed by atoms with van der Waals surface area (Å²) in [4.78, 5) is 3.74. The molecule has 1 aromatic carbocycles. The van der Waals surface area contributed by atoms with E-state index in [4.69, 9.17) is 23.2 Å². The monoisotopic (exact) mass is 258 g/mol. The third kappa shape index (κ3) is 1.75. The van der Waals surface area contributed by atoms with Crippen molar-refractivity contribution in [3.63, 3.8) is 0 Å². The van der Waals surface area contributed by atoms with Gasteiger partial charge in [-0.25, -0.2) is 19.6 Å².